The van der Waals surface area contributed by atoms with Gasteiger partial charge in [-0.15, -0.1) is 0 Å². The molecule has 17 heavy (non-hydrogen) atoms. The monoisotopic (exact) mass is 268 g/mol. The number of anilines is 1. The molecular formula is C13H17ClN2S. The van der Waals surface area contributed by atoms with E-state index in [-0.39, 0.29) is 0 Å². The van der Waals surface area contributed by atoms with Crippen LogP contribution in [0, 0.1) is 11.3 Å². The van der Waals surface area contributed by atoms with Crippen molar-refractivity contribution in [1.82, 2.24) is 0 Å². The van der Waals surface area contributed by atoms with E-state index < -0.39 is 0 Å². The second-order valence-corrected chi connectivity index (χ2v) is 5.64. The zero-order valence-corrected chi connectivity index (χ0v) is 11.7. The van der Waals surface area contributed by atoms with Gasteiger partial charge in [0.2, 0.25) is 0 Å². The van der Waals surface area contributed by atoms with Crippen LogP contribution in [-0.4, -0.2) is 17.5 Å². The molecule has 1 unspecified atom stereocenters. The smallest absolute Gasteiger partial charge is 0.0992 e. The van der Waals surface area contributed by atoms with E-state index in [0.717, 1.165) is 23.6 Å². The lowest BCUT2D eigenvalue weighted by Gasteiger charge is -2.16. The Morgan fingerprint density at radius 2 is 2.29 bits per heavy atom. The highest BCUT2D eigenvalue weighted by Crippen LogP contribution is 2.24. The second kappa shape index (κ2) is 7.47. The lowest BCUT2D eigenvalue weighted by Crippen LogP contribution is -2.16. The van der Waals surface area contributed by atoms with Gasteiger partial charge in [0.25, 0.3) is 0 Å². The van der Waals surface area contributed by atoms with Crippen LogP contribution in [0.1, 0.15) is 25.8 Å². The van der Waals surface area contributed by atoms with Crippen LogP contribution in [0.4, 0.5) is 5.69 Å². The quantitative estimate of drug-likeness (QED) is 0.787. The summed E-state index contributed by atoms with van der Waals surface area (Å²) in [6.45, 7) is 4.31. The lowest BCUT2D eigenvalue weighted by molar-refractivity contribution is 0.772. The van der Waals surface area contributed by atoms with Gasteiger partial charge < -0.3 is 5.32 Å². The second-order valence-electron chi connectivity index (χ2n) is 3.84. The first-order valence-electron chi connectivity index (χ1n) is 5.71. The summed E-state index contributed by atoms with van der Waals surface area (Å²) in [5.41, 5.74) is 1.49. The number of thioether (sulfide) groups is 1. The van der Waals surface area contributed by atoms with E-state index in [1.807, 2.05) is 17.8 Å². The van der Waals surface area contributed by atoms with Gasteiger partial charge in [0.05, 0.1) is 22.3 Å². The summed E-state index contributed by atoms with van der Waals surface area (Å²) in [4.78, 5) is 0. The van der Waals surface area contributed by atoms with E-state index in [2.05, 4.69) is 25.2 Å². The van der Waals surface area contributed by atoms with Crippen LogP contribution in [0.2, 0.25) is 5.02 Å². The molecule has 0 fully saturated rings. The highest BCUT2D eigenvalue weighted by atomic mass is 35.5. The first kappa shape index (κ1) is 14.2. The molecule has 0 bridgehead atoms. The summed E-state index contributed by atoms with van der Waals surface area (Å²) in [5.74, 6) is 2.31. The predicted octanol–water partition coefficient (Wildman–Crippen LogP) is 4.16. The normalized spacial score (nSPS) is 11.9. The highest BCUT2D eigenvalue weighted by molar-refractivity contribution is 7.99. The third-order valence-corrected chi connectivity index (χ3v) is 3.64. The number of benzene rings is 1. The molecule has 1 aromatic rings. The van der Waals surface area contributed by atoms with E-state index in [1.54, 1.807) is 12.1 Å². The molecule has 0 saturated carbocycles. The molecule has 1 N–H and O–H groups in total. The van der Waals surface area contributed by atoms with Gasteiger partial charge in [0.15, 0.2) is 0 Å². The van der Waals surface area contributed by atoms with Crippen LogP contribution < -0.4 is 5.32 Å². The van der Waals surface area contributed by atoms with Crippen LogP contribution in [0.3, 0.4) is 0 Å². The van der Waals surface area contributed by atoms with Gasteiger partial charge in [-0.05, 0) is 43.0 Å². The van der Waals surface area contributed by atoms with Crippen molar-refractivity contribution in [2.24, 2.45) is 0 Å². The van der Waals surface area contributed by atoms with Gasteiger partial charge in [-0.2, -0.15) is 17.0 Å². The minimum absolute atomic E-state index is 0.388. The minimum atomic E-state index is 0.388. The Kier molecular flexibility index (Phi) is 6.25. The van der Waals surface area contributed by atoms with Gasteiger partial charge in [-0.25, -0.2) is 0 Å². The van der Waals surface area contributed by atoms with Crippen molar-refractivity contribution >= 4 is 29.1 Å². The molecule has 4 heteroatoms. The summed E-state index contributed by atoms with van der Waals surface area (Å²) < 4.78 is 0. The van der Waals surface area contributed by atoms with E-state index in [4.69, 9.17) is 16.9 Å². The summed E-state index contributed by atoms with van der Waals surface area (Å²) in [6.07, 6.45) is 1.11. The van der Waals surface area contributed by atoms with Gasteiger partial charge in [0, 0.05) is 6.04 Å². The van der Waals surface area contributed by atoms with Crippen LogP contribution in [-0.2, 0) is 0 Å². The SMILES string of the molecule is CCSCCC(C)Nc1ccc(C#N)cc1Cl. The van der Waals surface area contributed by atoms with E-state index >= 15 is 0 Å². The Morgan fingerprint density at radius 3 is 2.88 bits per heavy atom. The van der Waals surface area contributed by atoms with E-state index in [9.17, 15) is 0 Å². The Morgan fingerprint density at radius 1 is 1.53 bits per heavy atom. The number of rotatable bonds is 6. The van der Waals surface area contributed by atoms with Crippen LogP contribution in [0.25, 0.3) is 0 Å². The molecule has 1 aromatic carbocycles. The van der Waals surface area contributed by atoms with Crippen molar-refractivity contribution in [2.45, 2.75) is 26.3 Å². The molecule has 0 aromatic heterocycles. The predicted molar refractivity (Wildman–Crippen MR) is 76.9 cm³/mol. The first-order chi connectivity index (χ1) is 8.17. The average molecular weight is 269 g/mol. The Balaban J connectivity index is 2.54. The first-order valence-corrected chi connectivity index (χ1v) is 7.24. The maximum absolute atomic E-state index is 8.75. The molecule has 1 rings (SSSR count). The summed E-state index contributed by atoms with van der Waals surface area (Å²) in [6, 6.07) is 7.80. The molecule has 0 heterocycles. The van der Waals surface area contributed by atoms with Crippen molar-refractivity contribution in [3.63, 3.8) is 0 Å². The van der Waals surface area contributed by atoms with Crippen LogP contribution in [0.15, 0.2) is 18.2 Å². The summed E-state index contributed by atoms with van der Waals surface area (Å²) in [7, 11) is 0. The Hall–Kier alpha value is -0.850. The fraction of sp³-hybridized carbons (Fsp3) is 0.462. The maximum Gasteiger partial charge on any atom is 0.0992 e. The lowest BCUT2D eigenvalue weighted by atomic mass is 10.2. The number of nitrogens with one attached hydrogen (secondary N) is 1. The van der Waals surface area contributed by atoms with Crippen molar-refractivity contribution < 1.29 is 0 Å². The highest BCUT2D eigenvalue weighted by Gasteiger charge is 2.06. The fourth-order valence-electron chi connectivity index (χ4n) is 1.44. The molecule has 0 saturated heterocycles. The number of halogens is 1. The van der Waals surface area contributed by atoms with Crippen LogP contribution >= 0.6 is 23.4 Å². The third-order valence-electron chi connectivity index (χ3n) is 2.40. The van der Waals surface area contributed by atoms with Crippen LogP contribution in [0.5, 0.6) is 0 Å². The molecule has 0 spiro atoms. The van der Waals surface area contributed by atoms with Gasteiger partial charge >= 0.3 is 0 Å². The van der Waals surface area contributed by atoms with E-state index in [1.165, 1.54) is 0 Å². The molecular weight excluding hydrogens is 252 g/mol. The number of hydrogen-bond acceptors (Lipinski definition) is 3. The average Bonchev–Trinajstić information content (AvgIpc) is 2.32. The van der Waals surface area contributed by atoms with Crippen molar-refractivity contribution in [3.05, 3.63) is 28.8 Å². The Bertz CT molecular complexity index is 401. The molecule has 0 aliphatic carbocycles. The Labute approximate surface area is 112 Å². The zero-order chi connectivity index (χ0) is 12.7. The molecule has 0 aliphatic heterocycles. The molecule has 1 atom stereocenters. The fourth-order valence-corrected chi connectivity index (χ4v) is 2.49. The van der Waals surface area contributed by atoms with Gasteiger partial charge in [-0.3, -0.25) is 0 Å². The number of hydrogen-bond donors (Lipinski definition) is 1. The maximum atomic E-state index is 8.75. The molecule has 92 valence electrons. The standard InChI is InChI=1S/C13H17ClN2S/c1-3-17-7-6-10(2)16-13-5-4-11(9-15)8-12(13)14/h4-5,8,10,16H,3,6-7H2,1-2H3. The number of nitrogens with zero attached hydrogens (tertiary/aromatic N) is 1. The van der Waals surface area contributed by atoms with E-state index in [0.29, 0.717) is 16.6 Å². The topological polar surface area (TPSA) is 35.8 Å². The van der Waals surface area contributed by atoms with Crippen molar-refractivity contribution in [3.8, 4) is 6.07 Å². The molecule has 0 amide bonds. The van der Waals surface area contributed by atoms with Gasteiger partial charge in [-0.1, -0.05) is 18.5 Å². The van der Waals surface area contributed by atoms with Gasteiger partial charge in [0.1, 0.15) is 0 Å². The summed E-state index contributed by atoms with van der Waals surface area (Å²) >= 11 is 8.04. The molecule has 0 radical (unpaired) electrons. The number of nitriles is 1. The summed E-state index contributed by atoms with van der Waals surface area (Å²) in [5, 5.41) is 12.7. The van der Waals surface area contributed by atoms with Crippen molar-refractivity contribution in [1.29, 1.82) is 5.26 Å². The molecule has 2 nitrogen and oxygen atoms in total. The third kappa shape index (κ3) is 4.89. The zero-order valence-electron chi connectivity index (χ0n) is 10.2. The minimum Gasteiger partial charge on any atom is -0.381 e. The largest absolute Gasteiger partial charge is 0.381 e. The molecule has 0 aliphatic rings. The van der Waals surface area contributed by atoms with Crippen molar-refractivity contribution in [2.75, 3.05) is 16.8 Å².